The summed E-state index contributed by atoms with van der Waals surface area (Å²) in [5, 5.41) is 2.98. The van der Waals surface area contributed by atoms with Gasteiger partial charge < -0.3 is 10.2 Å². The van der Waals surface area contributed by atoms with Crippen molar-refractivity contribution in [3.8, 4) is 0 Å². The number of rotatable bonds is 6. The first-order chi connectivity index (χ1) is 16.0. The number of nitrogens with one attached hydrogen (secondary N) is 1. The van der Waals surface area contributed by atoms with Gasteiger partial charge in [0.15, 0.2) is 0 Å². The van der Waals surface area contributed by atoms with Crippen molar-refractivity contribution in [2.24, 2.45) is 5.92 Å². The van der Waals surface area contributed by atoms with Gasteiger partial charge in [0, 0.05) is 32.4 Å². The highest BCUT2D eigenvalue weighted by Crippen LogP contribution is 2.42. The Bertz CT molecular complexity index is 1220. The second kappa shape index (κ2) is 9.15. The number of nitrogens with zero attached hydrogens (tertiary/aromatic N) is 2. The molecule has 1 N–H and O–H groups in total. The molecular weight excluding hydrogens is 450 g/mol. The van der Waals surface area contributed by atoms with E-state index in [1.807, 2.05) is 39.0 Å². The van der Waals surface area contributed by atoms with Crippen LogP contribution in [0.5, 0.6) is 0 Å². The van der Waals surface area contributed by atoms with Crippen LogP contribution in [0.4, 0.5) is 5.69 Å². The van der Waals surface area contributed by atoms with Gasteiger partial charge in [0.05, 0.1) is 16.2 Å². The minimum Gasteiger partial charge on any atom is -0.355 e. The summed E-state index contributed by atoms with van der Waals surface area (Å²) in [6.07, 6.45) is 2.03. The molecule has 8 heteroatoms. The lowest BCUT2D eigenvalue weighted by Crippen LogP contribution is -2.45. The molecule has 0 saturated carbocycles. The Kier molecular flexibility index (Phi) is 6.57. The van der Waals surface area contributed by atoms with Crippen LogP contribution in [0, 0.1) is 12.8 Å². The molecule has 0 aliphatic carbocycles. The van der Waals surface area contributed by atoms with Crippen molar-refractivity contribution in [1.29, 1.82) is 0 Å². The van der Waals surface area contributed by atoms with Crippen molar-refractivity contribution in [2.45, 2.75) is 50.3 Å². The van der Waals surface area contributed by atoms with Crippen LogP contribution in [0.15, 0.2) is 47.4 Å². The summed E-state index contributed by atoms with van der Waals surface area (Å²) in [5.41, 5.74) is 3.01. The number of benzene rings is 2. The minimum atomic E-state index is -3.78. The molecule has 2 aliphatic rings. The predicted octanol–water partition coefficient (Wildman–Crippen LogP) is 3.01. The third kappa shape index (κ3) is 4.49. The number of anilines is 1. The van der Waals surface area contributed by atoms with E-state index in [1.165, 1.54) is 9.87 Å². The highest BCUT2D eigenvalue weighted by atomic mass is 32.2. The summed E-state index contributed by atoms with van der Waals surface area (Å²) in [6, 6.07) is 13.1. The van der Waals surface area contributed by atoms with Crippen molar-refractivity contribution < 1.29 is 18.0 Å². The highest BCUT2D eigenvalue weighted by molar-refractivity contribution is 7.89. The van der Waals surface area contributed by atoms with Crippen molar-refractivity contribution in [3.05, 3.63) is 59.2 Å². The van der Waals surface area contributed by atoms with Crippen LogP contribution in [0.1, 0.15) is 43.4 Å². The lowest BCUT2D eigenvalue weighted by Gasteiger charge is -2.31. The number of aryl methyl sites for hydroxylation is 1. The Morgan fingerprint density at radius 3 is 2.68 bits per heavy atom. The molecule has 1 atom stereocenters. The predicted molar refractivity (Wildman–Crippen MR) is 132 cm³/mol. The Labute approximate surface area is 202 Å². The maximum absolute atomic E-state index is 13.5. The fourth-order valence-electron chi connectivity index (χ4n) is 4.98. The first kappa shape index (κ1) is 24.4. The number of piperidine rings is 1. The minimum absolute atomic E-state index is 0.0579. The monoisotopic (exact) mass is 483 g/mol. The Morgan fingerprint density at radius 1 is 1.18 bits per heavy atom. The number of hydrogen-bond acceptors (Lipinski definition) is 4. The first-order valence-corrected chi connectivity index (χ1v) is 13.2. The van der Waals surface area contributed by atoms with E-state index in [2.05, 4.69) is 11.4 Å². The largest absolute Gasteiger partial charge is 0.355 e. The van der Waals surface area contributed by atoms with Gasteiger partial charge in [-0.2, -0.15) is 4.31 Å². The van der Waals surface area contributed by atoms with Gasteiger partial charge in [-0.25, -0.2) is 8.42 Å². The number of likely N-dealkylation sites (N-methyl/N-ethyl adjacent to an activating group) is 1. The molecule has 2 amide bonds. The zero-order chi connectivity index (χ0) is 24.7. The third-order valence-electron chi connectivity index (χ3n) is 7.03. The standard InChI is InChI=1S/C26H33N3O4S/c1-18-7-5-8-19(15-18)12-13-27-24(30)20-9-6-14-29(17-20)34(32,33)21-10-11-23-22(16-21)26(2,3)25(31)28(23)4/h5,7-8,10-11,15-16,20H,6,9,12-14,17H2,1-4H3,(H,27,30)/t20-/m1/s1. The van der Waals surface area contributed by atoms with E-state index in [-0.39, 0.29) is 29.2 Å². The molecule has 4 rings (SSSR count). The molecule has 2 aliphatic heterocycles. The lowest BCUT2D eigenvalue weighted by atomic mass is 9.86. The summed E-state index contributed by atoms with van der Waals surface area (Å²) in [7, 11) is -2.07. The number of carbonyl (C=O) groups excluding carboxylic acids is 2. The summed E-state index contributed by atoms with van der Waals surface area (Å²) in [5.74, 6) is -0.535. The summed E-state index contributed by atoms with van der Waals surface area (Å²) in [6.45, 7) is 6.73. The summed E-state index contributed by atoms with van der Waals surface area (Å²) < 4.78 is 28.3. The van der Waals surface area contributed by atoms with Crippen molar-refractivity contribution >= 4 is 27.5 Å². The van der Waals surface area contributed by atoms with Gasteiger partial charge in [0.2, 0.25) is 21.8 Å². The zero-order valence-electron chi connectivity index (χ0n) is 20.3. The van der Waals surface area contributed by atoms with Gasteiger partial charge in [0.25, 0.3) is 0 Å². The molecule has 182 valence electrons. The average Bonchev–Trinajstić information content (AvgIpc) is 2.99. The van der Waals surface area contributed by atoms with E-state index in [9.17, 15) is 18.0 Å². The number of fused-ring (bicyclic) bond motifs is 1. The Hall–Kier alpha value is -2.71. The molecule has 2 aromatic carbocycles. The number of carbonyl (C=O) groups is 2. The van der Waals surface area contributed by atoms with Gasteiger partial charge in [-0.15, -0.1) is 0 Å². The van der Waals surface area contributed by atoms with Crippen LogP contribution in [0.2, 0.25) is 0 Å². The quantitative estimate of drug-likeness (QED) is 0.684. The van der Waals surface area contributed by atoms with Gasteiger partial charge >= 0.3 is 0 Å². The second-order valence-electron chi connectivity index (χ2n) is 9.90. The van der Waals surface area contributed by atoms with Crippen LogP contribution in [-0.2, 0) is 31.4 Å². The molecule has 34 heavy (non-hydrogen) atoms. The highest BCUT2D eigenvalue weighted by Gasteiger charge is 2.43. The van der Waals surface area contributed by atoms with Crippen molar-refractivity contribution in [1.82, 2.24) is 9.62 Å². The van der Waals surface area contributed by atoms with E-state index in [4.69, 9.17) is 0 Å². The smallest absolute Gasteiger partial charge is 0.243 e. The van der Waals surface area contributed by atoms with E-state index < -0.39 is 15.4 Å². The molecular formula is C26H33N3O4S. The molecule has 2 aromatic rings. The van der Waals surface area contributed by atoms with Gasteiger partial charge in [-0.05, 0) is 69.4 Å². The normalized spacial score (nSPS) is 20.3. The molecule has 7 nitrogen and oxygen atoms in total. The van der Waals surface area contributed by atoms with Gasteiger partial charge in [0.1, 0.15) is 0 Å². The van der Waals surface area contributed by atoms with Crippen LogP contribution in [-0.4, -0.2) is 51.2 Å². The van der Waals surface area contributed by atoms with Crippen LogP contribution in [0.25, 0.3) is 0 Å². The van der Waals surface area contributed by atoms with Crippen LogP contribution < -0.4 is 10.2 Å². The topological polar surface area (TPSA) is 86.8 Å². The summed E-state index contributed by atoms with van der Waals surface area (Å²) in [4.78, 5) is 27.1. The maximum Gasteiger partial charge on any atom is 0.243 e. The molecule has 2 heterocycles. The van der Waals surface area contributed by atoms with Gasteiger partial charge in [-0.1, -0.05) is 29.8 Å². The number of hydrogen-bond donors (Lipinski definition) is 1. The molecule has 0 spiro atoms. The number of sulfonamides is 1. The van der Waals surface area contributed by atoms with Crippen molar-refractivity contribution in [2.75, 3.05) is 31.6 Å². The lowest BCUT2D eigenvalue weighted by molar-refractivity contribution is -0.126. The maximum atomic E-state index is 13.5. The molecule has 0 bridgehead atoms. The van der Waals surface area contributed by atoms with Crippen LogP contribution in [0.3, 0.4) is 0 Å². The SMILES string of the molecule is Cc1cccc(CCNC(=O)[C@@H]2CCCN(S(=O)(=O)c3ccc4c(c3)C(C)(C)C(=O)N4C)C2)c1. The average molecular weight is 484 g/mol. The fraction of sp³-hybridized carbons (Fsp3) is 0.462. The molecule has 1 fully saturated rings. The third-order valence-corrected chi connectivity index (χ3v) is 8.89. The Morgan fingerprint density at radius 2 is 1.94 bits per heavy atom. The number of amides is 2. The molecule has 0 aromatic heterocycles. The Balaban J connectivity index is 1.44. The van der Waals surface area contributed by atoms with E-state index in [0.29, 0.717) is 31.5 Å². The fourth-order valence-corrected chi connectivity index (χ4v) is 6.53. The second-order valence-corrected chi connectivity index (χ2v) is 11.8. The molecule has 0 unspecified atom stereocenters. The van der Waals surface area contributed by atoms with E-state index in [1.54, 1.807) is 30.1 Å². The van der Waals surface area contributed by atoms with E-state index >= 15 is 0 Å². The first-order valence-electron chi connectivity index (χ1n) is 11.8. The van der Waals surface area contributed by atoms with Crippen LogP contribution >= 0.6 is 0 Å². The van der Waals surface area contributed by atoms with Crippen molar-refractivity contribution in [3.63, 3.8) is 0 Å². The zero-order valence-corrected chi connectivity index (χ0v) is 21.1. The van der Waals surface area contributed by atoms with Gasteiger partial charge in [-0.3, -0.25) is 9.59 Å². The molecule has 0 radical (unpaired) electrons. The summed E-state index contributed by atoms with van der Waals surface area (Å²) >= 11 is 0. The van der Waals surface area contributed by atoms with E-state index in [0.717, 1.165) is 17.7 Å². The molecule has 1 saturated heterocycles.